The van der Waals surface area contributed by atoms with Crippen LogP contribution in [0.2, 0.25) is 0 Å². The Morgan fingerprint density at radius 3 is 1.95 bits per heavy atom. The molecule has 1 amide bonds. The second-order valence-corrected chi connectivity index (χ2v) is 15.9. The highest BCUT2D eigenvalue weighted by molar-refractivity contribution is 5.83. The lowest BCUT2D eigenvalue weighted by Crippen LogP contribution is -2.45. The van der Waals surface area contributed by atoms with Gasteiger partial charge in [-0.3, -0.25) is 9.59 Å². The lowest BCUT2D eigenvalue weighted by molar-refractivity contribution is -0.165. The number of fused-ring (bicyclic) bond motifs is 1. The third-order valence-electron chi connectivity index (χ3n) is 10.4. The van der Waals surface area contributed by atoms with Crippen LogP contribution in [0.15, 0.2) is 95.8 Å². The number of carboxylic acids is 2. The Kier molecular flexibility index (Phi) is 15.3. The third-order valence-corrected chi connectivity index (χ3v) is 10.4. The predicted molar refractivity (Wildman–Crippen MR) is 219 cm³/mol. The quantitative estimate of drug-likeness (QED) is 0.0892. The Bertz CT molecular complexity index is 2400. The van der Waals surface area contributed by atoms with E-state index in [1.165, 1.54) is 24.3 Å². The van der Waals surface area contributed by atoms with Crippen molar-refractivity contribution >= 4 is 28.7 Å². The van der Waals surface area contributed by atoms with E-state index in [0.717, 1.165) is 61.8 Å². The number of aliphatic hydroxyl groups is 2. The molecule has 0 saturated carbocycles. The van der Waals surface area contributed by atoms with Crippen LogP contribution in [0.5, 0.6) is 0 Å². The molecule has 0 aliphatic carbocycles. The average Bonchev–Trinajstić information content (AvgIpc) is 3.74. The second-order valence-electron chi connectivity index (χ2n) is 15.9. The molecule has 17 heteroatoms. The van der Waals surface area contributed by atoms with Crippen molar-refractivity contribution in [3.63, 3.8) is 0 Å². The van der Waals surface area contributed by atoms with Gasteiger partial charge in [-0.15, -0.1) is 0 Å². The number of carbonyl (C=O) groups is 3. The zero-order valence-corrected chi connectivity index (χ0v) is 34.0. The zero-order chi connectivity index (χ0) is 45.4. The molecule has 1 aliphatic heterocycles. The minimum Gasteiger partial charge on any atom is -0.479 e. The summed E-state index contributed by atoms with van der Waals surface area (Å²) in [7, 11) is 0. The Labute approximate surface area is 353 Å². The average molecular weight is 867 g/mol. The predicted octanol–water partition coefficient (Wildman–Crippen LogP) is 6.17. The maximum absolute atomic E-state index is 14.6. The van der Waals surface area contributed by atoms with Crippen LogP contribution in [0.3, 0.4) is 0 Å². The van der Waals surface area contributed by atoms with Crippen LogP contribution >= 0.6 is 0 Å². The molecule has 0 bridgehead atoms. The van der Waals surface area contributed by atoms with Crippen LogP contribution in [-0.2, 0) is 46.5 Å². The monoisotopic (exact) mass is 866 g/mol. The minimum atomic E-state index is -4.42. The molecular weight excluding hydrogens is 820 g/mol. The van der Waals surface area contributed by atoms with E-state index in [9.17, 15) is 41.1 Å². The van der Waals surface area contributed by atoms with Gasteiger partial charge in [0.1, 0.15) is 12.4 Å². The number of carbonyl (C=O) groups excluding carboxylic acids is 1. The van der Waals surface area contributed by atoms with Crippen LogP contribution in [0.25, 0.3) is 22.0 Å². The molecule has 2 heterocycles. The molecule has 6 rings (SSSR count). The number of rotatable bonds is 15. The number of para-hydroxylation sites is 1. The first-order valence-corrected chi connectivity index (χ1v) is 19.7. The maximum atomic E-state index is 14.6. The molecule has 2 atom stereocenters. The number of hydrogen-bond acceptors (Lipinski definition) is 8. The van der Waals surface area contributed by atoms with Gasteiger partial charge in [-0.25, -0.2) is 18.4 Å². The summed E-state index contributed by atoms with van der Waals surface area (Å²) in [6, 6.07) is 23.3. The zero-order valence-electron chi connectivity index (χ0n) is 34.0. The van der Waals surface area contributed by atoms with E-state index in [1.807, 2.05) is 24.3 Å². The van der Waals surface area contributed by atoms with Crippen molar-refractivity contribution in [3.05, 3.63) is 135 Å². The number of nitrogens with zero attached hydrogens (tertiary/aromatic N) is 4. The number of aryl methyl sites for hydroxylation is 2. The molecule has 4 N–H and O–H groups in total. The molecular formula is C45H47F5N4O8. The highest BCUT2D eigenvalue weighted by Gasteiger charge is 2.32. The molecule has 62 heavy (non-hydrogen) atoms. The van der Waals surface area contributed by atoms with Crippen LogP contribution in [0.1, 0.15) is 49.2 Å². The van der Waals surface area contributed by atoms with E-state index < -0.39 is 53.1 Å². The first-order chi connectivity index (χ1) is 29.2. The van der Waals surface area contributed by atoms with Crippen LogP contribution in [0.4, 0.5) is 22.0 Å². The third kappa shape index (κ3) is 12.3. The lowest BCUT2D eigenvalue weighted by Gasteiger charge is -2.36. The summed E-state index contributed by atoms with van der Waals surface area (Å²) in [5, 5.41) is 32.9. The number of benzene rings is 4. The standard InChI is InChI=1S/C41H41F5N4O2.C4H6O6/c1-40(2,26-48-22-5-6-23-48)27-49(24-28-12-14-29(15-13-28)30-16-19-32(20-17-30)41(44,45)46)37(51)25-50-35-11-4-3-9-33(35)39(52)47-36(50)21-18-31-8-7-10-34(42)38(31)43;5-1(3(7)8)2(6)4(9)10/h3-4,7-17,19-20H,5-6,18,21-27H2,1-2H3;1-2,5-6H,(H,7,8)(H,9,10)/t;1-,2-/m.1/s1. The Morgan fingerprint density at radius 2 is 1.37 bits per heavy atom. The molecule has 0 spiro atoms. The van der Waals surface area contributed by atoms with Crippen molar-refractivity contribution in [2.75, 3.05) is 26.2 Å². The number of amides is 1. The van der Waals surface area contributed by atoms with Crippen molar-refractivity contribution in [1.82, 2.24) is 19.4 Å². The van der Waals surface area contributed by atoms with E-state index in [0.29, 0.717) is 23.0 Å². The summed E-state index contributed by atoms with van der Waals surface area (Å²) >= 11 is 0. The van der Waals surface area contributed by atoms with Gasteiger partial charge in [-0.1, -0.05) is 74.5 Å². The van der Waals surface area contributed by atoms with E-state index >= 15 is 0 Å². The minimum absolute atomic E-state index is 0.0699. The lowest BCUT2D eigenvalue weighted by atomic mass is 9.91. The van der Waals surface area contributed by atoms with Crippen LogP contribution in [0, 0.1) is 17.0 Å². The molecule has 330 valence electrons. The first-order valence-electron chi connectivity index (χ1n) is 19.7. The number of carboxylic acid groups (broad SMARTS) is 2. The highest BCUT2D eigenvalue weighted by Crippen LogP contribution is 2.31. The summed E-state index contributed by atoms with van der Waals surface area (Å²) in [5.74, 6) is -5.38. The normalized spacial score (nSPS) is 14.2. The van der Waals surface area contributed by atoms with Gasteiger partial charge in [-0.05, 0) is 90.4 Å². The number of halogens is 5. The molecule has 4 aromatic carbocycles. The number of aliphatic carboxylic acids is 2. The maximum Gasteiger partial charge on any atom is 0.416 e. The second kappa shape index (κ2) is 20.2. The van der Waals surface area contributed by atoms with Gasteiger partial charge < -0.3 is 34.8 Å². The molecule has 0 radical (unpaired) electrons. The number of alkyl halides is 3. The van der Waals surface area contributed by atoms with Gasteiger partial charge in [0.2, 0.25) is 5.91 Å². The van der Waals surface area contributed by atoms with E-state index in [-0.39, 0.29) is 48.6 Å². The summed E-state index contributed by atoms with van der Waals surface area (Å²) in [6.45, 7) is 7.64. The van der Waals surface area contributed by atoms with Crippen molar-refractivity contribution < 1.29 is 56.8 Å². The number of likely N-dealkylation sites (tertiary alicyclic amines) is 1. The molecule has 1 saturated heterocycles. The Hall–Kier alpha value is -6.04. The number of aliphatic hydroxyl groups excluding tert-OH is 2. The highest BCUT2D eigenvalue weighted by atomic mass is 19.4. The molecule has 1 aliphatic rings. The van der Waals surface area contributed by atoms with Gasteiger partial charge in [0.15, 0.2) is 23.8 Å². The number of hydrogen-bond donors (Lipinski definition) is 4. The van der Waals surface area contributed by atoms with Gasteiger partial charge in [-0.2, -0.15) is 18.2 Å². The fraction of sp³-hybridized carbons (Fsp3) is 0.356. The summed E-state index contributed by atoms with van der Waals surface area (Å²) in [6.07, 6.45) is -6.51. The van der Waals surface area contributed by atoms with Crippen LogP contribution < -0.4 is 5.56 Å². The van der Waals surface area contributed by atoms with Crippen LogP contribution in [-0.4, -0.2) is 96.0 Å². The molecule has 12 nitrogen and oxygen atoms in total. The SMILES string of the molecule is CC(C)(CN1CCCC1)CN(Cc1ccc(-c2ccc(C(F)(F)F)cc2)cc1)C(=O)Cn1c(CCc2cccc(F)c2F)nc(=O)c2ccccc21.O=C(O)[C@H](O)[C@@H](O)C(=O)O. The largest absolute Gasteiger partial charge is 0.479 e. The van der Waals surface area contributed by atoms with Gasteiger partial charge in [0.05, 0.1) is 16.5 Å². The van der Waals surface area contributed by atoms with E-state index in [4.69, 9.17) is 20.4 Å². The summed E-state index contributed by atoms with van der Waals surface area (Å²) < 4.78 is 69.6. The van der Waals surface area contributed by atoms with Gasteiger partial charge in [0.25, 0.3) is 5.56 Å². The van der Waals surface area contributed by atoms with E-state index in [1.54, 1.807) is 33.7 Å². The number of aromatic nitrogens is 2. The fourth-order valence-corrected chi connectivity index (χ4v) is 7.35. The van der Waals surface area contributed by atoms with Crippen molar-refractivity contribution in [2.24, 2.45) is 5.41 Å². The fourth-order valence-electron chi connectivity index (χ4n) is 7.35. The van der Waals surface area contributed by atoms with Gasteiger partial charge in [0, 0.05) is 26.1 Å². The van der Waals surface area contributed by atoms with E-state index in [2.05, 4.69) is 23.7 Å². The van der Waals surface area contributed by atoms with Gasteiger partial charge >= 0.3 is 18.1 Å². The Balaban J connectivity index is 0.000000646. The van der Waals surface area contributed by atoms with Crippen molar-refractivity contribution in [2.45, 2.75) is 71.0 Å². The molecule has 1 fully saturated rings. The smallest absolute Gasteiger partial charge is 0.416 e. The topological polar surface area (TPSA) is 174 Å². The first kappa shape index (κ1) is 47.0. The van der Waals surface area contributed by atoms with Crippen molar-refractivity contribution in [1.29, 1.82) is 0 Å². The summed E-state index contributed by atoms with van der Waals surface area (Å²) in [4.78, 5) is 55.6. The molecule has 0 unspecified atom stereocenters. The van der Waals surface area contributed by atoms with Crippen molar-refractivity contribution in [3.8, 4) is 11.1 Å². The molecule has 1 aromatic heterocycles. The molecule has 5 aromatic rings. The summed E-state index contributed by atoms with van der Waals surface area (Å²) in [5.41, 5.74) is 1.43. The Morgan fingerprint density at radius 1 is 0.790 bits per heavy atom.